The Balaban J connectivity index is 2.10. The zero-order valence-electron chi connectivity index (χ0n) is 14.5. The van der Waals surface area contributed by atoms with Gasteiger partial charge in [-0.1, -0.05) is 29.4 Å². The van der Waals surface area contributed by atoms with Gasteiger partial charge in [0.05, 0.1) is 24.5 Å². The van der Waals surface area contributed by atoms with Gasteiger partial charge in [0.25, 0.3) is 5.56 Å². The van der Waals surface area contributed by atoms with Crippen molar-refractivity contribution in [2.75, 3.05) is 12.4 Å². The van der Waals surface area contributed by atoms with Crippen LogP contribution in [0, 0.1) is 6.92 Å². The standard InChI is InChI=1S/C17H18ClN3O4S/c1-9-4-5-11(18)6-13(9)20-16(24)10(2)26-17-19-12(7-14(22)21-17)8-15(23)25-3/h4-7,10H,8H2,1-3H3,(H,20,24)(H,19,21,22)/t10-/m1/s1. The molecule has 0 aliphatic rings. The number of halogens is 1. The molecule has 1 aromatic heterocycles. The van der Waals surface area contributed by atoms with E-state index in [1.54, 1.807) is 19.1 Å². The van der Waals surface area contributed by atoms with Gasteiger partial charge >= 0.3 is 5.97 Å². The lowest BCUT2D eigenvalue weighted by molar-refractivity contribution is -0.139. The summed E-state index contributed by atoms with van der Waals surface area (Å²) in [6.45, 7) is 3.55. The van der Waals surface area contributed by atoms with E-state index in [0.717, 1.165) is 17.3 Å². The molecular weight excluding hydrogens is 378 g/mol. The van der Waals surface area contributed by atoms with E-state index in [1.807, 2.05) is 13.0 Å². The molecule has 2 aromatic rings. The van der Waals surface area contributed by atoms with Gasteiger partial charge < -0.3 is 15.0 Å². The first-order valence-electron chi connectivity index (χ1n) is 7.69. The van der Waals surface area contributed by atoms with Crippen molar-refractivity contribution in [3.05, 3.63) is 50.9 Å². The average Bonchev–Trinajstić information content (AvgIpc) is 2.57. The van der Waals surface area contributed by atoms with Crippen molar-refractivity contribution >= 4 is 40.9 Å². The van der Waals surface area contributed by atoms with Gasteiger partial charge in [-0.3, -0.25) is 14.4 Å². The molecule has 26 heavy (non-hydrogen) atoms. The first kappa shape index (κ1) is 20.0. The number of aryl methyl sites for hydroxylation is 1. The Morgan fingerprint density at radius 1 is 1.38 bits per heavy atom. The number of hydrogen-bond acceptors (Lipinski definition) is 6. The molecule has 9 heteroatoms. The van der Waals surface area contributed by atoms with Crippen molar-refractivity contribution in [1.29, 1.82) is 0 Å². The molecule has 0 aliphatic heterocycles. The maximum atomic E-state index is 12.4. The summed E-state index contributed by atoms with van der Waals surface area (Å²) in [5.41, 5.74) is 1.38. The lowest BCUT2D eigenvalue weighted by atomic mass is 10.2. The Labute approximate surface area is 159 Å². The number of nitrogens with zero attached hydrogens (tertiary/aromatic N) is 1. The van der Waals surface area contributed by atoms with Crippen LogP contribution in [0.4, 0.5) is 5.69 Å². The van der Waals surface area contributed by atoms with E-state index >= 15 is 0 Å². The number of ether oxygens (including phenoxy) is 1. The Morgan fingerprint density at radius 2 is 2.12 bits per heavy atom. The molecular formula is C17H18ClN3O4S. The molecule has 0 aliphatic carbocycles. The predicted octanol–water partition coefficient (Wildman–Crippen LogP) is 2.57. The minimum atomic E-state index is -0.537. The van der Waals surface area contributed by atoms with Crippen LogP contribution < -0.4 is 10.9 Å². The zero-order valence-corrected chi connectivity index (χ0v) is 16.0. The fourth-order valence-corrected chi connectivity index (χ4v) is 3.04. The third kappa shape index (κ3) is 5.60. The molecule has 138 valence electrons. The van der Waals surface area contributed by atoms with Gasteiger partial charge in [-0.05, 0) is 31.5 Å². The minimum absolute atomic E-state index is 0.115. The lowest BCUT2D eigenvalue weighted by Crippen LogP contribution is -2.24. The summed E-state index contributed by atoms with van der Waals surface area (Å²) in [5, 5.41) is 3.04. The smallest absolute Gasteiger partial charge is 0.311 e. The average molecular weight is 396 g/mol. The molecule has 0 bridgehead atoms. The molecule has 0 unspecified atom stereocenters. The number of nitrogens with one attached hydrogen (secondary N) is 2. The van der Waals surface area contributed by atoms with Crippen LogP contribution in [-0.4, -0.2) is 34.2 Å². The summed E-state index contributed by atoms with van der Waals surface area (Å²) in [6, 6.07) is 6.45. The topological polar surface area (TPSA) is 101 Å². The fraction of sp³-hybridized carbons (Fsp3) is 0.294. The lowest BCUT2D eigenvalue weighted by Gasteiger charge is -2.13. The Kier molecular flexibility index (Phi) is 6.82. The van der Waals surface area contributed by atoms with Crippen molar-refractivity contribution in [1.82, 2.24) is 9.97 Å². The Hall–Kier alpha value is -2.32. The number of benzene rings is 1. The summed E-state index contributed by atoms with van der Waals surface area (Å²) in [6.07, 6.45) is -0.115. The van der Waals surface area contributed by atoms with Gasteiger partial charge in [-0.2, -0.15) is 0 Å². The summed E-state index contributed by atoms with van der Waals surface area (Å²) in [7, 11) is 1.26. The first-order chi connectivity index (χ1) is 12.3. The van der Waals surface area contributed by atoms with E-state index in [2.05, 4.69) is 20.0 Å². The van der Waals surface area contributed by atoms with Gasteiger partial charge in [-0.25, -0.2) is 4.98 Å². The van der Waals surface area contributed by atoms with E-state index in [1.165, 1.54) is 13.2 Å². The maximum Gasteiger partial charge on any atom is 0.311 e. The summed E-state index contributed by atoms with van der Waals surface area (Å²) in [4.78, 5) is 42.2. The Bertz CT molecular complexity index is 885. The second-order valence-corrected chi connectivity index (χ2v) is 7.27. The van der Waals surface area contributed by atoms with Gasteiger partial charge in [-0.15, -0.1) is 0 Å². The van der Waals surface area contributed by atoms with Crippen molar-refractivity contribution in [2.24, 2.45) is 0 Å². The molecule has 0 fully saturated rings. The van der Waals surface area contributed by atoms with Crippen molar-refractivity contribution in [2.45, 2.75) is 30.7 Å². The molecule has 0 saturated carbocycles. The number of carbonyl (C=O) groups is 2. The van der Waals surface area contributed by atoms with E-state index in [0.29, 0.717) is 10.7 Å². The first-order valence-corrected chi connectivity index (χ1v) is 8.95. The number of H-pyrrole nitrogens is 1. The van der Waals surface area contributed by atoms with Crippen molar-refractivity contribution in [3.8, 4) is 0 Å². The van der Waals surface area contributed by atoms with Crippen LogP contribution in [0.5, 0.6) is 0 Å². The highest BCUT2D eigenvalue weighted by Crippen LogP contribution is 2.23. The minimum Gasteiger partial charge on any atom is -0.469 e. The van der Waals surface area contributed by atoms with E-state index < -0.39 is 16.8 Å². The Morgan fingerprint density at radius 3 is 2.81 bits per heavy atom. The molecule has 0 spiro atoms. The highest BCUT2D eigenvalue weighted by Gasteiger charge is 2.18. The maximum absolute atomic E-state index is 12.4. The number of hydrogen-bond donors (Lipinski definition) is 2. The van der Waals surface area contributed by atoms with Gasteiger partial charge in [0.2, 0.25) is 5.91 Å². The monoisotopic (exact) mass is 395 g/mol. The zero-order chi connectivity index (χ0) is 19.3. The third-order valence-corrected chi connectivity index (χ3v) is 4.66. The largest absolute Gasteiger partial charge is 0.469 e. The number of anilines is 1. The normalized spacial score (nSPS) is 11.7. The molecule has 2 rings (SSSR count). The van der Waals surface area contributed by atoms with Gasteiger partial charge in [0, 0.05) is 16.8 Å². The van der Waals surface area contributed by atoms with Gasteiger partial charge in [0.15, 0.2) is 5.16 Å². The number of methoxy groups -OCH3 is 1. The van der Waals surface area contributed by atoms with Crippen LogP contribution >= 0.6 is 23.4 Å². The number of carbonyl (C=O) groups excluding carboxylic acids is 2. The quantitative estimate of drug-likeness (QED) is 0.443. The second-order valence-electron chi connectivity index (χ2n) is 5.50. The SMILES string of the molecule is COC(=O)Cc1cc(=O)[nH]c(S[C@H](C)C(=O)Nc2cc(Cl)ccc2C)n1. The molecule has 0 radical (unpaired) electrons. The van der Waals surface area contributed by atoms with Crippen LogP contribution in [0.1, 0.15) is 18.2 Å². The predicted molar refractivity (Wildman–Crippen MR) is 101 cm³/mol. The highest BCUT2D eigenvalue weighted by molar-refractivity contribution is 8.00. The van der Waals surface area contributed by atoms with Crippen LogP contribution in [0.25, 0.3) is 0 Å². The van der Waals surface area contributed by atoms with Crippen LogP contribution in [0.3, 0.4) is 0 Å². The number of esters is 1. The molecule has 1 amide bonds. The molecule has 2 N–H and O–H groups in total. The van der Waals surface area contributed by atoms with Crippen LogP contribution in [0.15, 0.2) is 34.2 Å². The molecule has 1 atom stereocenters. The number of rotatable bonds is 6. The third-order valence-electron chi connectivity index (χ3n) is 3.44. The summed E-state index contributed by atoms with van der Waals surface area (Å²) < 4.78 is 4.57. The van der Waals surface area contributed by atoms with Gasteiger partial charge in [0.1, 0.15) is 0 Å². The molecule has 1 aromatic carbocycles. The molecule has 1 heterocycles. The van der Waals surface area contributed by atoms with E-state index in [9.17, 15) is 14.4 Å². The summed E-state index contributed by atoms with van der Waals surface area (Å²) in [5.74, 6) is -0.761. The van der Waals surface area contributed by atoms with E-state index in [-0.39, 0.29) is 23.2 Å². The van der Waals surface area contributed by atoms with Crippen LogP contribution in [-0.2, 0) is 20.7 Å². The molecule has 7 nitrogen and oxygen atoms in total. The second kappa shape index (κ2) is 8.86. The molecule has 0 saturated heterocycles. The van der Waals surface area contributed by atoms with Crippen molar-refractivity contribution in [3.63, 3.8) is 0 Å². The highest BCUT2D eigenvalue weighted by atomic mass is 35.5. The number of amides is 1. The fourth-order valence-electron chi connectivity index (χ4n) is 2.03. The summed E-state index contributed by atoms with van der Waals surface area (Å²) >= 11 is 7.03. The number of thioether (sulfide) groups is 1. The number of aromatic amines is 1. The number of aromatic nitrogens is 2. The van der Waals surface area contributed by atoms with Crippen molar-refractivity contribution < 1.29 is 14.3 Å². The van der Waals surface area contributed by atoms with Crippen LogP contribution in [0.2, 0.25) is 5.02 Å². The van der Waals surface area contributed by atoms with E-state index in [4.69, 9.17) is 11.6 Å².